The van der Waals surface area contributed by atoms with E-state index in [1.165, 1.54) is 70.6 Å². The molecule has 0 saturated heterocycles. The lowest BCUT2D eigenvalue weighted by atomic mass is 9.80. The molecule has 0 heterocycles. The van der Waals surface area contributed by atoms with Crippen LogP contribution >= 0.6 is 0 Å². The van der Waals surface area contributed by atoms with Crippen LogP contribution < -0.4 is 5.73 Å². The Morgan fingerprint density at radius 1 is 1.04 bits per heavy atom. The first-order valence-corrected chi connectivity index (χ1v) is 11.0. The van der Waals surface area contributed by atoms with Crippen molar-refractivity contribution in [3.05, 3.63) is 34.9 Å². The summed E-state index contributed by atoms with van der Waals surface area (Å²) in [7, 11) is 0. The number of aryl methyl sites for hydroxylation is 2. The fourth-order valence-electron chi connectivity index (χ4n) is 4.32. The second-order valence-corrected chi connectivity index (χ2v) is 8.71. The van der Waals surface area contributed by atoms with Crippen LogP contribution in [0.25, 0.3) is 0 Å². The maximum Gasteiger partial charge on any atom is 0.0129 e. The van der Waals surface area contributed by atoms with Gasteiger partial charge in [0.15, 0.2) is 0 Å². The highest BCUT2D eigenvalue weighted by Crippen LogP contribution is 2.36. The van der Waals surface area contributed by atoms with Gasteiger partial charge in [0, 0.05) is 5.54 Å². The second-order valence-electron chi connectivity index (χ2n) is 8.71. The van der Waals surface area contributed by atoms with Crippen molar-refractivity contribution in [2.45, 2.75) is 116 Å². The van der Waals surface area contributed by atoms with Gasteiger partial charge in [-0.05, 0) is 74.5 Å². The molecule has 0 bridgehead atoms. The van der Waals surface area contributed by atoms with Gasteiger partial charge in [-0.2, -0.15) is 0 Å². The summed E-state index contributed by atoms with van der Waals surface area (Å²) in [4.78, 5) is 0. The van der Waals surface area contributed by atoms with Crippen molar-refractivity contribution in [3.8, 4) is 0 Å². The van der Waals surface area contributed by atoms with E-state index in [-0.39, 0.29) is 5.54 Å². The van der Waals surface area contributed by atoms with Crippen molar-refractivity contribution in [2.24, 2.45) is 5.73 Å². The summed E-state index contributed by atoms with van der Waals surface area (Å²) < 4.78 is 0. The molecule has 1 aromatic rings. The molecule has 1 aromatic carbocycles. The number of hydrogen-bond acceptors (Lipinski definition) is 1. The highest BCUT2D eigenvalue weighted by Gasteiger charge is 2.26. The topological polar surface area (TPSA) is 26.0 Å². The van der Waals surface area contributed by atoms with E-state index in [9.17, 15) is 0 Å². The first-order chi connectivity index (χ1) is 12.1. The summed E-state index contributed by atoms with van der Waals surface area (Å²) >= 11 is 0. The van der Waals surface area contributed by atoms with E-state index in [4.69, 9.17) is 5.73 Å². The molecule has 1 nitrogen and oxygen atoms in total. The van der Waals surface area contributed by atoms with E-state index in [2.05, 4.69) is 39.0 Å². The van der Waals surface area contributed by atoms with Gasteiger partial charge in [0.25, 0.3) is 0 Å². The van der Waals surface area contributed by atoms with E-state index < -0.39 is 0 Å². The molecule has 0 fully saturated rings. The zero-order valence-corrected chi connectivity index (χ0v) is 17.1. The molecule has 1 aliphatic rings. The summed E-state index contributed by atoms with van der Waals surface area (Å²) in [5.41, 5.74) is 11.3. The Balaban J connectivity index is 1.96. The van der Waals surface area contributed by atoms with E-state index in [1.807, 2.05) is 0 Å². The average Bonchev–Trinajstić information content (AvgIpc) is 2.79. The molecule has 0 spiro atoms. The molecule has 0 unspecified atom stereocenters. The van der Waals surface area contributed by atoms with Crippen LogP contribution in [0.1, 0.15) is 114 Å². The molecule has 25 heavy (non-hydrogen) atoms. The van der Waals surface area contributed by atoms with Gasteiger partial charge in [0.1, 0.15) is 0 Å². The Bertz CT molecular complexity index is 503. The smallest absolute Gasteiger partial charge is 0.0129 e. The molecule has 2 N–H and O–H groups in total. The van der Waals surface area contributed by atoms with Crippen LogP contribution in [0.4, 0.5) is 0 Å². The first kappa shape index (κ1) is 20.5. The van der Waals surface area contributed by atoms with Gasteiger partial charge in [-0.25, -0.2) is 0 Å². The van der Waals surface area contributed by atoms with Crippen LogP contribution in [0, 0.1) is 0 Å². The van der Waals surface area contributed by atoms with Gasteiger partial charge < -0.3 is 5.73 Å². The molecule has 0 aromatic heterocycles. The van der Waals surface area contributed by atoms with Crippen molar-refractivity contribution >= 4 is 0 Å². The van der Waals surface area contributed by atoms with Crippen molar-refractivity contribution < 1.29 is 0 Å². The Kier molecular flexibility index (Phi) is 8.49. The van der Waals surface area contributed by atoms with Gasteiger partial charge in [0.05, 0.1) is 0 Å². The summed E-state index contributed by atoms with van der Waals surface area (Å²) in [6, 6.07) is 7.38. The summed E-state index contributed by atoms with van der Waals surface area (Å²) in [6.45, 7) is 6.74. The minimum atomic E-state index is -0.0244. The highest BCUT2D eigenvalue weighted by molar-refractivity contribution is 5.36. The summed E-state index contributed by atoms with van der Waals surface area (Å²) in [5, 5.41) is 0. The van der Waals surface area contributed by atoms with Gasteiger partial charge in [-0.3, -0.25) is 0 Å². The number of fused-ring (bicyclic) bond motifs is 1. The third-order valence-electron chi connectivity index (χ3n) is 6.24. The Morgan fingerprint density at radius 3 is 2.56 bits per heavy atom. The third kappa shape index (κ3) is 6.77. The molecule has 0 saturated carbocycles. The van der Waals surface area contributed by atoms with Gasteiger partial charge in [-0.15, -0.1) is 0 Å². The first-order valence-electron chi connectivity index (χ1n) is 11.0. The molecular formula is C24H41N. The van der Waals surface area contributed by atoms with E-state index in [0.29, 0.717) is 5.92 Å². The lowest BCUT2D eigenvalue weighted by Gasteiger charge is -2.29. The molecule has 0 aliphatic heterocycles. The highest BCUT2D eigenvalue weighted by atomic mass is 14.7. The predicted octanol–water partition coefficient (Wildman–Crippen LogP) is 6.92. The minimum Gasteiger partial charge on any atom is -0.325 e. The standard InChI is InChI=1S/C24H41N/c1-4-6-7-8-9-10-13-20-16-17-23-21(18-20)14-11-12-15-22(23)19-24(3,25)5-2/h16-18,22H,4-15,19,25H2,1-3H3/t22-,24+/m0/s1. The quantitative estimate of drug-likeness (QED) is 0.362. The fourth-order valence-corrected chi connectivity index (χ4v) is 4.32. The maximum atomic E-state index is 6.50. The fraction of sp³-hybridized carbons (Fsp3) is 0.750. The SMILES string of the molecule is CCCCCCCCc1ccc2c(c1)CCCC[C@H]2C[C@](C)(N)CC. The molecule has 2 atom stereocenters. The zero-order valence-electron chi connectivity index (χ0n) is 17.1. The largest absolute Gasteiger partial charge is 0.325 e. The normalized spacial score (nSPS) is 19.9. The molecule has 0 radical (unpaired) electrons. The average molecular weight is 344 g/mol. The van der Waals surface area contributed by atoms with Crippen molar-refractivity contribution in [1.29, 1.82) is 0 Å². The van der Waals surface area contributed by atoms with E-state index >= 15 is 0 Å². The van der Waals surface area contributed by atoms with Gasteiger partial charge >= 0.3 is 0 Å². The van der Waals surface area contributed by atoms with Crippen molar-refractivity contribution in [3.63, 3.8) is 0 Å². The molecule has 1 aliphatic carbocycles. The van der Waals surface area contributed by atoms with E-state index in [1.54, 1.807) is 16.7 Å². The van der Waals surface area contributed by atoms with Crippen molar-refractivity contribution in [1.82, 2.24) is 0 Å². The van der Waals surface area contributed by atoms with Crippen LogP contribution in [-0.2, 0) is 12.8 Å². The van der Waals surface area contributed by atoms with Gasteiger partial charge in [0.2, 0.25) is 0 Å². The summed E-state index contributed by atoms with van der Waals surface area (Å²) in [6.07, 6.45) is 17.0. The van der Waals surface area contributed by atoms with Crippen LogP contribution in [0.3, 0.4) is 0 Å². The number of hydrogen-bond donors (Lipinski definition) is 1. The second kappa shape index (κ2) is 10.4. The minimum absolute atomic E-state index is 0.0244. The molecule has 1 heteroatoms. The Morgan fingerprint density at radius 2 is 1.80 bits per heavy atom. The number of benzene rings is 1. The molecule has 2 rings (SSSR count). The molecular weight excluding hydrogens is 302 g/mol. The summed E-state index contributed by atoms with van der Waals surface area (Å²) in [5.74, 6) is 0.663. The van der Waals surface area contributed by atoms with Crippen LogP contribution in [0.2, 0.25) is 0 Å². The van der Waals surface area contributed by atoms with Gasteiger partial charge in [-0.1, -0.05) is 70.6 Å². The Hall–Kier alpha value is -0.820. The van der Waals surface area contributed by atoms with E-state index in [0.717, 1.165) is 12.8 Å². The predicted molar refractivity (Wildman–Crippen MR) is 111 cm³/mol. The monoisotopic (exact) mass is 343 g/mol. The maximum absolute atomic E-state index is 6.50. The lowest BCUT2D eigenvalue weighted by molar-refractivity contribution is 0.367. The molecule has 142 valence electrons. The van der Waals surface area contributed by atoms with Crippen LogP contribution in [0.5, 0.6) is 0 Å². The third-order valence-corrected chi connectivity index (χ3v) is 6.24. The van der Waals surface area contributed by atoms with Crippen LogP contribution in [-0.4, -0.2) is 5.54 Å². The Labute approximate surface area is 156 Å². The zero-order chi connectivity index (χ0) is 18.1. The number of rotatable bonds is 10. The molecule has 0 amide bonds. The number of unbranched alkanes of at least 4 members (excludes halogenated alkanes) is 5. The van der Waals surface area contributed by atoms with Crippen LogP contribution in [0.15, 0.2) is 18.2 Å². The number of nitrogens with two attached hydrogens (primary N) is 1. The van der Waals surface area contributed by atoms with Crippen molar-refractivity contribution in [2.75, 3.05) is 0 Å². The lowest BCUT2D eigenvalue weighted by Crippen LogP contribution is -2.37.